The summed E-state index contributed by atoms with van der Waals surface area (Å²) in [6, 6.07) is 6.47. The number of nitrogens with zero attached hydrogens (tertiary/aromatic N) is 1. The molecule has 3 rings (SSSR count). The molecule has 1 saturated carbocycles. The van der Waals surface area contributed by atoms with Crippen LogP contribution in [0.15, 0.2) is 24.3 Å². The van der Waals surface area contributed by atoms with Gasteiger partial charge in [0.15, 0.2) is 0 Å². The van der Waals surface area contributed by atoms with Gasteiger partial charge in [-0.05, 0) is 48.6 Å². The molecule has 1 aromatic carbocycles. The van der Waals surface area contributed by atoms with Gasteiger partial charge < -0.3 is 16.0 Å². The van der Waals surface area contributed by atoms with Crippen molar-refractivity contribution < 1.29 is 19.2 Å². The number of rotatable bonds is 7. The number of hydrogen-bond donors (Lipinski definition) is 3. The van der Waals surface area contributed by atoms with E-state index in [-0.39, 0.29) is 30.2 Å². The molecule has 1 saturated heterocycles. The molecule has 1 spiro atoms. The van der Waals surface area contributed by atoms with Crippen LogP contribution in [0.1, 0.15) is 58.4 Å². The second-order valence-corrected chi connectivity index (χ2v) is 9.58. The average molecular weight is 443 g/mol. The number of carbonyl (C=O) groups is 4. The molecule has 2 aliphatic rings. The van der Waals surface area contributed by atoms with Crippen LogP contribution in [0.2, 0.25) is 0 Å². The first-order valence-corrected chi connectivity index (χ1v) is 11.3. The first kappa shape index (κ1) is 23.8. The van der Waals surface area contributed by atoms with Crippen LogP contribution in [-0.2, 0) is 20.8 Å². The molecular formula is C24H34N4O4. The third-order valence-electron chi connectivity index (χ3n) is 7.32. The van der Waals surface area contributed by atoms with E-state index in [9.17, 15) is 19.2 Å². The van der Waals surface area contributed by atoms with Crippen molar-refractivity contribution in [3.8, 4) is 0 Å². The van der Waals surface area contributed by atoms with Crippen molar-refractivity contribution in [3.05, 3.63) is 29.8 Å². The molecule has 1 heterocycles. The number of hydrogen-bond acceptors (Lipinski definition) is 4. The normalized spacial score (nSPS) is 23.2. The van der Waals surface area contributed by atoms with E-state index in [2.05, 4.69) is 36.7 Å². The van der Waals surface area contributed by atoms with E-state index < -0.39 is 17.5 Å². The van der Waals surface area contributed by atoms with E-state index in [1.165, 1.54) is 0 Å². The molecule has 5 amide bonds. The van der Waals surface area contributed by atoms with Crippen molar-refractivity contribution >= 4 is 29.4 Å². The van der Waals surface area contributed by atoms with Crippen molar-refractivity contribution in [1.29, 1.82) is 0 Å². The standard InChI is InChI=1S/C24H34N4O4/c1-5-23(2,3)17-10-12-24(13-11-17)21(31)28(22(32)27-24)15-20(30)26-18-9-7-6-8-16(18)14-19(29)25-4/h6-9,17H,5,10-15H2,1-4H3,(H,25,29)(H,26,30)(H,27,32). The van der Waals surface area contributed by atoms with Crippen molar-refractivity contribution in [2.45, 2.75) is 64.8 Å². The fourth-order valence-corrected chi connectivity index (χ4v) is 4.73. The lowest BCUT2D eigenvalue weighted by Gasteiger charge is -2.42. The fourth-order valence-electron chi connectivity index (χ4n) is 4.73. The summed E-state index contributed by atoms with van der Waals surface area (Å²) in [4.78, 5) is 51.2. The van der Waals surface area contributed by atoms with Crippen LogP contribution in [0, 0.1) is 11.3 Å². The predicted octanol–water partition coefficient (Wildman–Crippen LogP) is 2.83. The van der Waals surface area contributed by atoms with Gasteiger partial charge in [-0.2, -0.15) is 0 Å². The van der Waals surface area contributed by atoms with Gasteiger partial charge in [-0.1, -0.05) is 45.4 Å². The lowest BCUT2D eigenvalue weighted by Crippen LogP contribution is -2.51. The summed E-state index contributed by atoms with van der Waals surface area (Å²) in [5.74, 6) is -0.457. The molecule has 0 radical (unpaired) electrons. The number of benzene rings is 1. The van der Waals surface area contributed by atoms with Crippen LogP contribution in [0.4, 0.5) is 10.5 Å². The molecule has 32 heavy (non-hydrogen) atoms. The van der Waals surface area contributed by atoms with Gasteiger partial charge in [0.1, 0.15) is 12.1 Å². The van der Waals surface area contributed by atoms with E-state index in [4.69, 9.17) is 0 Å². The SMILES string of the molecule is CCC(C)(C)C1CCC2(CC1)NC(=O)N(CC(=O)Nc1ccccc1CC(=O)NC)C2=O. The highest BCUT2D eigenvalue weighted by Gasteiger charge is 2.53. The smallest absolute Gasteiger partial charge is 0.325 e. The number of para-hydroxylation sites is 1. The number of carbonyl (C=O) groups excluding carboxylic acids is 4. The van der Waals surface area contributed by atoms with Gasteiger partial charge in [0.05, 0.1) is 6.42 Å². The molecule has 8 nitrogen and oxygen atoms in total. The van der Waals surface area contributed by atoms with Crippen LogP contribution in [-0.4, -0.2) is 47.8 Å². The molecule has 2 fully saturated rings. The summed E-state index contributed by atoms with van der Waals surface area (Å²) < 4.78 is 0. The number of anilines is 1. The van der Waals surface area contributed by atoms with Gasteiger partial charge in [0, 0.05) is 12.7 Å². The Balaban J connectivity index is 1.64. The molecule has 0 bridgehead atoms. The first-order chi connectivity index (χ1) is 15.1. The number of imide groups is 1. The van der Waals surface area contributed by atoms with Crippen LogP contribution < -0.4 is 16.0 Å². The average Bonchev–Trinajstić information content (AvgIpc) is 2.99. The Morgan fingerprint density at radius 2 is 1.81 bits per heavy atom. The minimum absolute atomic E-state index is 0.120. The first-order valence-electron chi connectivity index (χ1n) is 11.3. The number of amides is 5. The summed E-state index contributed by atoms with van der Waals surface area (Å²) in [7, 11) is 1.55. The van der Waals surface area contributed by atoms with Crippen LogP contribution in [0.5, 0.6) is 0 Å². The van der Waals surface area contributed by atoms with Crippen molar-refractivity contribution in [2.24, 2.45) is 11.3 Å². The van der Waals surface area contributed by atoms with E-state index >= 15 is 0 Å². The Morgan fingerprint density at radius 3 is 2.44 bits per heavy atom. The Labute approximate surface area is 189 Å². The maximum atomic E-state index is 13.2. The van der Waals surface area contributed by atoms with Crippen molar-refractivity contribution in [1.82, 2.24) is 15.5 Å². The summed E-state index contributed by atoms with van der Waals surface area (Å²) >= 11 is 0. The molecule has 1 aliphatic carbocycles. The number of urea groups is 1. The molecule has 0 aromatic heterocycles. The second-order valence-electron chi connectivity index (χ2n) is 9.58. The summed E-state index contributed by atoms with van der Waals surface area (Å²) in [5.41, 5.74) is 0.458. The van der Waals surface area contributed by atoms with Gasteiger partial charge in [0.2, 0.25) is 11.8 Å². The topological polar surface area (TPSA) is 108 Å². The minimum atomic E-state index is -0.894. The molecule has 8 heteroatoms. The maximum Gasteiger partial charge on any atom is 0.325 e. The number of nitrogens with one attached hydrogen (secondary N) is 3. The molecule has 1 aliphatic heterocycles. The van der Waals surface area contributed by atoms with Gasteiger partial charge in [-0.25, -0.2) is 4.79 Å². The lowest BCUT2D eigenvalue weighted by atomic mass is 9.65. The maximum absolute atomic E-state index is 13.2. The summed E-state index contributed by atoms with van der Waals surface area (Å²) in [6.07, 6.45) is 4.13. The van der Waals surface area contributed by atoms with Gasteiger partial charge in [0.25, 0.3) is 5.91 Å². The monoisotopic (exact) mass is 442 g/mol. The number of likely N-dealkylation sites (N-methyl/N-ethyl adjacent to an activating group) is 1. The molecule has 0 unspecified atom stereocenters. The third kappa shape index (κ3) is 4.79. The van der Waals surface area contributed by atoms with E-state index in [0.717, 1.165) is 24.2 Å². The lowest BCUT2D eigenvalue weighted by molar-refractivity contribution is -0.135. The van der Waals surface area contributed by atoms with Gasteiger partial charge in [-0.3, -0.25) is 19.3 Å². The van der Waals surface area contributed by atoms with Crippen LogP contribution >= 0.6 is 0 Å². The molecular weight excluding hydrogens is 408 g/mol. The largest absolute Gasteiger partial charge is 0.359 e. The zero-order valence-electron chi connectivity index (χ0n) is 19.4. The Hall–Kier alpha value is -2.90. The highest BCUT2D eigenvalue weighted by molar-refractivity contribution is 6.10. The van der Waals surface area contributed by atoms with Gasteiger partial charge in [-0.15, -0.1) is 0 Å². The van der Waals surface area contributed by atoms with E-state index in [1.54, 1.807) is 31.3 Å². The van der Waals surface area contributed by atoms with Crippen molar-refractivity contribution in [3.63, 3.8) is 0 Å². The molecule has 0 atom stereocenters. The van der Waals surface area contributed by atoms with Crippen LogP contribution in [0.3, 0.4) is 0 Å². The van der Waals surface area contributed by atoms with Crippen LogP contribution in [0.25, 0.3) is 0 Å². The van der Waals surface area contributed by atoms with Crippen molar-refractivity contribution in [2.75, 3.05) is 18.9 Å². The van der Waals surface area contributed by atoms with E-state index in [1.807, 2.05) is 0 Å². The highest BCUT2D eigenvalue weighted by Crippen LogP contribution is 2.45. The summed E-state index contributed by atoms with van der Waals surface area (Å²) in [6.45, 7) is 6.33. The van der Waals surface area contributed by atoms with Gasteiger partial charge >= 0.3 is 6.03 Å². The minimum Gasteiger partial charge on any atom is -0.359 e. The zero-order valence-corrected chi connectivity index (χ0v) is 19.4. The Kier molecular flexibility index (Phi) is 6.91. The molecule has 3 N–H and O–H groups in total. The predicted molar refractivity (Wildman–Crippen MR) is 122 cm³/mol. The van der Waals surface area contributed by atoms with E-state index in [0.29, 0.717) is 30.0 Å². The zero-order chi connectivity index (χ0) is 23.5. The highest BCUT2D eigenvalue weighted by atomic mass is 16.2. The quantitative estimate of drug-likeness (QED) is 0.564. The molecule has 1 aromatic rings. The fraction of sp³-hybridized carbons (Fsp3) is 0.583. The Morgan fingerprint density at radius 1 is 1.16 bits per heavy atom. The second kappa shape index (κ2) is 9.30. The molecule has 174 valence electrons. The Bertz CT molecular complexity index is 903. The third-order valence-corrected chi connectivity index (χ3v) is 7.32. The summed E-state index contributed by atoms with van der Waals surface area (Å²) in [5, 5.41) is 8.17.